The molecule has 2 aromatic carbocycles. The Balaban J connectivity index is 2.08. The lowest BCUT2D eigenvalue weighted by Crippen LogP contribution is -2.27. The molecule has 0 unspecified atom stereocenters. The number of nitrogens with one attached hydrogen (secondary N) is 2. The summed E-state index contributed by atoms with van der Waals surface area (Å²) in [4.78, 5) is 24.4. The fourth-order valence-electron chi connectivity index (χ4n) is 2.10. The van der Waals surface area contributed by atoms with Crippen LogP contribution in [0.25, 0.3) is 0 Å². The highest BCUT2D eigenvalue weighted by Crippen LogP contribution is 2.20. The molecule has 2 amide bonds. The molecule has 2 N–H and O–H groups in total. The number of aryl methyl sites for hydroxylation is 1. The molecule has 0 saturated carbocycles. The molecule has 0 fully saturated rings. The summed E-state index contributed by atoms with van der Waals surface area (Å²) in [5.41, 5.74) is 2.59. The van der Waals surface area contributed by atoms with Gasteiger partial charge in [-0.3, -0.25) is 9.59 Å². The number of halogens is 1. The summed E-state index contributed by atoms with van der Waals surface area (Å²) in [6.07, 6.45) is 0. The summed E-state index contributed by atoms with van der Waals surface area (Å²) >= 11 is 3.43. The average Bonchev–Trinajstić information content (AvgIpc) is 2.58. The van der Waals surface area contributed by atoms with Gasteiger partial charge in [-0.05, 0) is 48.9 Å². The van der Waals surface area contributed by atoms with Gasteiger partial charge in [-0.1, -0.05) is 22.0 Å². The van der Waals surface area contributed by atoms with E-state index in [1.807, 2.05) is 25.1 Å². The Bertz CT molecular complexity index is 747. The van der Waals surface area contributed by atoms with Crippen LogP contribution in [0.2, 0.25) is 0 Å². The molecular formula is C18H19BrN2O3. The fraction of sp³-hybridized carbons (Fsp3) is 0.222. The summed E-state index contributed by atoms with van der Waals surface area (Å²) in [6, 6.07) is 12.2. The lowest BCUT2D eigenvalue weighted by atomic mass is 10.1. The highest BCUT2D eigenvalue weighted by atomic mass is 79.9. The average molecular weight is 391 g/mol. The summed E-state index contributed by atoms with van der Waals surface area (Å²) < 4.78 is 5.87. The number of ether oxygens (including phenoxy) is 1. The molecule has 2 aromatic rings. The number of rotatable bonds is 6. The van der Waals surface area contributed by atoms with E-state index in [0.29, 0.717) is 30.0 Å². The minimum Gasteiger partial charge on any atom is -0.383 e. The molecule has 0 heterocycles. The third kappa shape index (κ3) is 4.91. The molecule has 0 spiro atoms. The van der Waals surface area contributed by atoms with Crippen molar-refractivity contribution in [2.45, 2.75) is 6.92 Å². The van der Waals surface area contributed by atoms with Gasteiger partial charge in [0, 0.05) is 34.9 Å². The van der Waals surface area contributed by atoms with Crippen LogP contribution in [0.3, 0.4) is 0 Å². The van der Waals surface area contributed by atoms with Crippen LogP contribution in [0.4, 0.5) is 5.69 Å². The van der Waals surface area contributed by atoms with Crippen LogP contribution < -0.4 is 10.6 Å². The van der Waals surface area contributed by atoms with E-state index in [2.05, 4.69) is 26.6 Å². The Labute approximate surface area is 149 Å². The zero-order chi connectivity index (χ0) is 17.5. The van der Waals surface area contributed by atoms with Gasteiger partial charge >= 0.3 is 0 Å². The predicted molar refractivity (Wildman–Crippen MR) is 97.5 cm³/mol. The zero-order valence-corrected chi connectivity index (χ0v) is 15.1. The minimum atomic E-state index is -0.261. The molecule has 24 heavy (non-hydrogen) atoms. The van der Waals surface area contributed by atoms with Crippen molar-refractivity contribution in [2.24, 2.45) is 0 Å². The van der Waals surface area contributed by atoms with Gasteiger partial charge in [0.15, 0.2) is 0 Å². The summed E-state index contributed by atoms with van der Waals surface area (Å²) in [7, 11) is 1.57. The number of carbonyl (C=O) groups excluding carboxylic acids is 2. The Kier molecular flexibility index (Phi) is 6.52. The van der Waals surface area contributed by atoms with Crippen LogP contribution in [0.5, 0.6) is 0 Å². The standard InChI is InChI=1S/C18H19BrN2O3/c1-12-10-15(6-7-16(12)19)21-18(23)14-5-3-4-13(11-14)17(22)20-8-9-24-2/h3-7,10-11H,8-9H2,1-2H3,(H,20,22)(H,21,23). The first-order valence-electron chi connectivity index (χ1n) is 7.46. The molecule has 6 heteroatoms. The Morgan fingerprint density at radius 2 is 1.79 bits per heavy atom. The molecule has 0 aliphatic carbocycles. The van der Waals surface area contributed by atoms with Crippen LogP contribution in [0, 0.1) is 6.92 Å². The number of benzene rings is 2. The maximum atomic E-state index is 12.4. The van der Waals surface area contributed by atoms with E-state index in [1.54, 1.807) is 31.4 Å². The van der Waals surface area contributed by atoms with Gasteiger partial charge in [0.05, 0.1) is 6.61 Å². The monoisotopic (exact) mass is 390 g/mol. The van der Waals surface area contributed by atoms with Crippen molar-refractivity contribution in [3.05, 3.63) is 63.6 Å². The van der Waals surface area contributed by atoms with Crippen molar-refractivity contribution in [3.8, 4) is 0 Å². The summed E-state index contributed by atoms with van der Waals surface area (Å²) in [5.74, 6) is -0.496. The first kappa shape index (κ1) is 18.2. The van der Waals surface area contributed by atoms with E-state index in [1.165, 1.54) is 0 Å². The molecule has 126 valence electrons. The van der Waals surface area contributed by atoms with Crippen molar-refractivity contribution >= 4 is 33.4 Å². The van der Waals surface area contributed by atoms with Crippen LogP contribution in [0.15, 0.2) is 46.9 Å². The number of methoxy groups -OCH3 is 1. The Morgan fingerprint density at radius 1 is 1.08 bits per heavy atom. The molecule has 0 radical (unpaired) electrons. The van der Waals surface area contributed by atoms with Gasteiger partial charge in [0.1, 0.15) is 0 Å². The Morgan fingerprint density at radius 3 is 2.46 bits per heavy atom. The molecule has 0 aliphatic heterocycles. The minimum absolute atomic E-state index is 0.235. The maximum absolute atomic E-state index is 12.4. The van der Waals surface area contributed by atoms with E-state index in [-0.39, 0.29) is 11.8 Å². The molecule has 0 atom stereocenters. The molecule has 2 rings (SSSR count). The van der Waals surface area contributed by atoms with Crippen LogP contribution in [-0.2, 0) is 4.74 Å². The van der Waals surface area contributed by atoms with Crippen molar-refractivity contribution in [2.75, 3.05) is 25.6 Å². The van der Waals surface area contributed by atoms with E-state index in [0.717, 1.165) is 10.0 Å². The first-order chi connectivity index (χ1) is 11.5. The highest BCUT2D eigenvalue weighted by Gasteiger charge is 2.11. The van der Waals surface area contributed by atoms with Crippen LogP contribution in [0.1, 0.15) is 26.3 Å². The van der Waals surface area contributed by atoms with E-state index in [4.69, 9.17) is 4.74 Å². The Hall–Kier alpha value is -2.18. The van der Waals surface area contributed by atoms with Gasteiger partial charge in [-0.15, -0.1) is 0 Å². The van der Waals surface area contributed by atoms with Crippen molar-refractivity contribution in [1.29, 1.82) is 0 Å². The number of anilines is 1. The van der Waals surface area contributed by atoms with E-state index < -0.39 is 0 Å². The molecule has 0 aliphatic rings. The summed E-state index contributed by atoms with van der Waals surface area (Å²) in [6.45, 7) is 2.81. The maximum Gasteiger partial charge on any atom is 0.255 e. The normalized spacial score (nSPS) is 10.3. The van der Waals surface area contributed by atoms with Gasteiger partial charge < -0.3 is 15.4 Å². The smallest absolute Gasteiger partial charge is 0.255 e. The molecular weight excluding hydrogens is 372 g/mol. The highest BCUT2D eigenvalue weighted by molar-refractivity contribution is 9.10. The molecule has 5 nitrogen and oxygen atoms in total. The predicted octanol–water partition coefficient (Wildman–Crippen LogP) is 3.39. The quantitative estimate of drug-likeness (QED) is 0.742. The first-order valence-corrected chi connectivity index (χ1v) is 8.25. The zero-order valence-electron chi connectivity index (χ0n) is 13.6. The number of amides is 2. The van der Waals surface area contributed by atoms with Gasteiger partial charge in [0.2, 0.25) is 0 Å². The lowest BCUT2D eigenvalue weighted by Gasteiger charge is -2.09. The largest absolute Gasteiger partial charge is 0.383 e. The van der Waals surface area contributed by atoms with Crippen molar-refractivity contribution < 1.29 is 14.3 Å². The topological polar surface area (TPSA) is 67.4 Å². The molecule has 0 aromatic heterocycles. The third-order valence-electron chi connectivity index (χ3n) is 3.39. The SMILES string of the molecule is COCCNC(=O)c1cccc(C(=O)Nc2ccc(Br)c(C)c2)c1. The van der Waals surface area contributed by atoms with Crippen molar-refractivity contribution in [1.82, 2.24) is 5.32 Å². The number of hydrogen-bond acceptors (Lipinski definition) is 3. The number of carbonyl (C=O) groups is 2. The second kappa shape index (κ2) is 8.61. The van der Waals surface area contributed by atoms with Crippen molar-refractivity contribution in [3.63, 3.8) is 0 Å². The van der Waals surface area contributed by atoms with Gasteiger partial charge in [-0.2, -0.15) is 0 Å². The second-order valence-corrected chi connectivity index (χ2v) is 6.10. The number of hydrogen-bond donors (Lipinski definition) is 2. The lowest BCUT2D eigenvalue weighted by molar-refractivity contribution is 0.0937. The van der Waals surface area contributed by atoms with Gasteiger partial charge in [-0.25, -0.2) is 0 Å². The van der Waals surface area contributed by atoms with Crippen LogP contribution in [-0.4, -0.2) is 32.1 Å². The summed E-state index contributed by atoms with van der Waals surface area (Å²) in [5, 5.41) is 5.56. The van der Waals surface area contributed by atoms with E-state index >= 15 is 0 Å². The van der Waals surface area contributed by atoms with E-state index in [9.17, 15) is 9.59 Å². The second-order valence-electron chi connectivity index (χ2n) is 5.25. The van der Waals surface area contributed by atoms with Crippen LogP contribution >= 0.6 is 15.9 Å². The molecule has 0 saturated heterocycles. The molecule has 0 bridgehead atoms. The fourth-order valence-corrected chi connectivity index (χ4v) is 2.34. The third-order valence-corrected chi connectivity index (χ3v) is 4.28. The van der Waals surface area contributed by atoms with Gasteiger partial charge in [0.25, 0.3) is 11.8 Å².